The Bertz CT molecular complexity index is 56.4. The molecule has 14 heavy (non-hydrogen) atoms. The summed E-state index contributed by atoms with van der Waals surface area (Å²) in [7, 11) is 0. The van der Waals surface area contributed by atoms with Gasteiger partial charge in [0.1, 0.15) is 0 Å². The molecule has 0 aliphatic carbocycles. The van der Waals surface area contributed by atoms with Gasteiger partial charge in [0, 0.05) is 0 Å². The van der Waals surface area contributed by atoms with Gasteiger partial charge in [0.15, 0.2) is 0 Å². The average molecular weight is 202 g/mol. The van der Waals surface area contributed by atoms with Crippen molar-refractivity contribution in [2.45, 2.75) is 81.1 Å². The van der Waals surface area contributed by atoms with Gasteiger partial charge < -0.3 is 0 Å². The van der Waals surface area contributed by atoms with Crippen molar-refractivity contribution in [1.29, 1.82) is 0 Å². The summed E-state index contributed by atoms with van der Waals surface area (Å²) >= 11 is 0. The van der Waals surface area contributed by atoms with Gasteiger partial charge in [0.25, 0.3) is 0 Å². The van der Waals surface area contributed by atoms with E-state index in [0.717, 1.165) is 11.8 Å². The van der Waals surface area contributed by atoms with Crippen LogP contribution in [0.5, 0.6) is 0 Å². The molecule has 0 aliphatic rings. The molecule has 0 rings (SSSR count). The van der Waals surface area contributed by atoms with Crippen molar-refractivity contribution >= 4 is 0 Å². The van der Waals surface area contributed by atoms with Crippen molar-refractivity contribution in [3.05, 3.63) is 0 Å². The highest BCUT2D eigenvalue weighted by Crippen LogP contribution is 2.16. The van der Waals surface area contributed by atoms with E-state index in [1.165, 1.54) is 25.7 Å². The largest absolute Gasteiger partial charge is 0.0683 e. The first-order chi connectivity index (χ1) is 6.70. The average Bonchev–Trinajstić information content (AvgIpc) is 2.30. The van der Waals surface area contributed by atoms with Crippen molar-refractivity contribution in [2.24, 2.45) is 11.8 Å². The van der Waals surface area contributed by atoms with Gasteiger partial charge >= 0.3 is 0 Å². The van der Waals surface area contributed by atoms with Crippen LogP contribution in [0.25, 0.3) is 0 Å². The van der Waals surface area contributed by atoms with E-state index in [2.05, 4.69) is 27.7 Å². The van der Waals surface area contributed by atoms with Crippen LogP contribution in [0.1, 0.15) is 81.1 Å². The lowest BCUT2D eigenvalue weighted by Crippen LogP contribution is -1.97. The highest BCUT2D eigenvalue weighted by molar-refractivity contribution is 4.54. The molecule has 0 spiro atoms. The summed E-state index contributed by atoms with van der Waals surface area (Å²) in [6, 6.07) is 0. The minimum Gasteiger partial charge on any atom is -0.0683 e. The maximum Gasteiger partial charge on any atom is -0.0445 e. The van der Waals surface area contributed by atoms with Crippen LogP contribution >= 0.6 is 0 Å². The SMILES string of the molecule is CC.CC.CCC(C)CCC(C)CC. The minimum absolute atomic E-state index is 0.939. The molecule has 0 aromatic heterocycles. The molecule has 2 atom stereocenters. The van der Waals surface area contributed by atoms with Gasteiger partial charge in [0.2, 0.25) is 0 Å². The van der Waals surface area contributed by atoms with Crippen LogP contribution in [0, 0.1) is 11.8 Å². The molecule has 0 fully saturated rings. The Kier molecular flexibility index (Phi) is 26.1. The Morgan fingerprint density at radius 3 is 1.00 bits per heavy atom. The fraction of sp³-hybridized carbons (Fsp3) is 1.00. The van der Waals surface area contributed by atoms with Gasteiger partial charge in [-0.25, -0.2) is 0 Å². The quantitative estimate of drug-likeness (QED) is 0.520. The first kappa shape index (κ1) is 19.6. The number of rotatable bonds is 5. The van der Waals surface area contributed by atoms with Gasteiger partial charge in [-0.05, 0) is 11.8 Å². The minimum atomic E-state index is 0.939. The maximum absolute atomic E-state index is 2.35. The van der Waals surface area contributed by atoms with E-state index in [0.29, 0.717) is 0 Å². The lowest BCUT2D eigenvalue weighted by atomic mass is 9.95. The van der Waals surface area contributed by atoms with Crippen molar-refractivity contribution in [3.8, 4) is 0 Å². The standard InChI is InChI=1S/C10H22.2C2H6/c1-5-9(3)7-8-10(4)6-2;2*1-2/h9-10H,5-8H2,1-4H3;2*1-2H3. The molecule has 0 heteroatoms. The zero-order chi connectivity index (χ0) is 12.0. The second-order valence-electron chi connectivity index (χ2n) is 3.60. The molecule has 0 aromatic rings. The molecule has 0 amide bonds. The van der Waals surface area contributed by atoms with Crippen LogP contribution in [0.3, 0.4) is 0 Å². The van der Waals surface area contributed by atoms with Gasteiger partial charge in [-0.2, -0.15) is 0 Å². The maximum atomic E-state index is 2.35. The number of hydrogen-bond donors (Lipinski definition) is 0. The summed E-state index contributed by atoms with van der Waals surface area (Å²) in [6.45, 7) is 17.3. The third kappa shape index (κ3) is 17.9. The van der Waals surface area contributed by atoms with Gasteiger partial charge in [-0.15, -0.1) is 0 Å². The summed E-state index contributed by atoms with van der Waals surface area (Å²) in [6.07, 6.45) is 5.53. The third-order valence-electron chi connectivity index (χ3n) is 2.55. The molecule has 90 valence electrons. The Morgan fingerprint density at radius 2 is 0.857 bits per heavy atom. The van der Waals surface area contributed by atoms with E-state index in [1.54, 1.807) is 0 Å². The topological polar surface area (TPSA) is 0 Å². The van der Waals surface area contributed by atoms with Crippen molar-refractivity contribution in [3.63, 3.8) is 0 Å². The van der Waals surface area contributed by atoms with Crippen LogP contribution in [-0.4, -0.2) is 0 Å². The summed E-state index contributed by atoms with van der Waals surface area (Å²) in [5.41, 5.74) is 0. The Balaban J connectivity index is -0.000000266. The van der Waals surface area contributed by atoms with Crippen LogP contribution < -0.4 is 0 Å². The lowest BCUT2D eigenvalue weighted by Gasteiger charge is -2.11. The summed E-state index contributed by atoms with van der Waals surface area (Å²) in [5, 5.41) is 0. The highest BCUT2D eigenvalue weighted by atomic mass is 14.1. The molecular formula is C14H34. The Labute approximate surface area is 93.5 Å². The highest BCUT2D eigenvalue weighted by Gasteiger charge is 2.02. The van der Waals surface area contributed by atoms with E-state index >= 15 is 0 Å². The van der Waals surface area contributed by atoms with E-state index in [4.69, 9.17) is 0 Å². The van der Waals surface area contributed by atoms with Crippen molar-refractivity contribution < 1.29 is 0 Å². The van der Waals surface area contributed by atoms with Crippen LogP contribution in [0.4, 0.5) is 0 Å². The van der Waals surface area contributed by atoms with Crippen molar-refractivity contribution in [2.75, 3.05) is 0 Å². The van der Waals surface area contributed by atoms with E-state index in [9.17, 15) is 0 Å². The monoisotopic (exact) mass is 202 g/mol. The fourth-order valence-electron chi connectivity index (χ4n) is 0.977. The molecule has 0 nitrogen and oxygen atoms in total. The summed E-state index contributed by atoms with van der Waals surface area (Å²) in [5.74, 6) is 1.88. The summed E-state index contributed by atoms with van der Waals surface area (Å²) in [4.78, 5) is 0. The molecule has 0 N–H and O–H groups in total. The fourth-order valence-corrected chi connectivity index (χ4v) is 0.977. The second kappa shape index (κ2) is 18.7. The van der Waals surface area contributed by atoms with E-state index < -0.39 is 0 Å². The van der Waals surface area contributed by atoms with E-state index in [1.807, 2.05) is 27.7 Å². The van der Waals surface area contributed by atoms with Gasteiger partial charge in [0.05, 0.1) is 0 Å². The Hall–Kier alpha value is 0. The normalized spacial score (nSPS) is 12.9. The van der Waals surface area contributed by atoms with Gasteiger partial charge in [-0.1, -0.05) is 81.1 Å². The first-order valence-corrected chi connectivity index (χ1v) is 6.70. The first-order valence-electron chi connectivity index (χ1n) is 6.70. The van der Waals surface area contributed by atoms with Crippen molar-refractivity contribution in [1.82, 2.24) is 0 Å². The Morgan fingerprint density at radius 1 is 0.643 bits per heavy atom. The van der Waals surface area contributed by atoms with Crippen LogP contribution in [0.15, 0.2) is 0 Å². The molecule has 0 heterocycles. The van der Waals surface area contributed by atoms with E-state index in [-0.39, 0.29) is 0 Å². The molecular weight excluding hydrogens is 168 g/mol. The summed E-state index contributed by atoms with van der Waals surface area (Å²) < 4.78 is 0. The molecule has 0 radical (unpaired) electrons. The molecule has 0 saturated heterocycles. The molecule has 2 unspecified atom stereocenters. The number of hydrogen-bond acceptors (Lipinski definition) is 0. The third-order valence-corrected chi connectivity index (χ3v) is 2.55. The lowest BCUT2D eigenvalue weighted by molar-refractivity contribution is 0.415. The molecule has 0 aliphatic heterocycles. The van der Waals surface area contributed by atoms with Crippen LogP contribution in [-0.2, 0) is 0 Å². The molecule has 0 bridgehead atoms. The molecule has 0 saturated carbocycles. The zero-order valence-corrected chi connectivity index (χ0v) is 12.0. The smallest absolute Gasteiger partial charge is 0.0445 e. The predicted molar refractivity (Wildman–Crippen MR) is 70.8 cm³/mol. The zero-order valence-electron chi connectivity index (χ0n) is 12.0. The second-order valence-corrected chi connectivity index (χ2v) is 3.60. The molecule has 0 aromatic carbocycles. The van der Waals surface area contributed by atoms with Crippen LogP contribution in [0.2, 0.25) is 0 Å². The van der Waals surface area contributed by atoms with Gasteiger partial charge in [-0.3, -0.25) is 0 Å². The predicted octanol–water partition coefficient (Wildman–Crippen LogP) is 5.91.